The van der Waals surface area contributed by atoms with Gasteiger partial charge in [-0.05, 0) is 62.8 Å². The van der Waals surface area contributed by atoms with Gasteiger partial charge in [0.25, 0.3) is 0 Å². The fourth-order valence-electron chi connectivity index (χ4n) is 3.61. The molecule has 0 bridgehead atoms. The largest absolute Gasteiger partial charge is 0.463 e. The molecule has 0 aliphatic rings. The summed E-state index contributed by atoms with van der Waals surface area (Å²) < 4.78 is 4.89. The predicted octanol–water partition coefficient (Wildman–Crippen LogP) is 8.32. The lowest BCUT2D eigenvalue weighted by Crippen LogP contribution is -2.01. The molecule has 0 heterocycles. The molecule has 0 atom stereocenters. The van der Waals surface area contributed by atoms with Crippen molar-refractivity contribution in [3.05, 3.63) is 48.1 Å². The number of rotatable bonds is 19. The van der Waals surface area contributed by atoms with Gasteiger partial charge in [0, 0.05) is 18.3 Å². The molecule has 0 fully saturated rings. The van der Waals surface area contributed by atoms with E-state index in [1.54, 1.807) is 13.0 Å². The van der Waals surface area contributed by atoms with Gasteiger partial charge in [-0.1, -0.05) is 82.6 Å². The van der Waals surface area contributed by atoms with Crippen LogP contribution in [0.3, 0.4) is 0 Å². The maximum atomic E-state index is 11.3. The summed E-state index contributed by atoms with van der Waals surface area (Å²) >= 11 is 0. The first-order valence-corrected chi connectivity index (χ1v) is 12.5. The van der Waals surface area contributed by atoms with Crippen LogP contribution in [0.25, 0.3) is 6.08 Å². The van der Waals surface area contributed by atoms with Crippen LogP contribution < -0.4 is 5.32 Å². The Morgan fingerprint density at radius 2 is 1.45 bits per heavy atom. The summed E-state index contributed by atoms with van der Waals surface area (Å²) in [4.78, 5) is 11.3. The Bertz CT molecular complexity index is 618. The van der Waals surface area contributed by atoms with Gasteiger partial charge in [0.15, 0.2) is 0 Å². The Morgan fingerprint density at radius 3 is 2.06 bits per heavy atom. The van der Waals surface area contributed by atoms with Gasteiger partial charge in [0.1, 0.15) is 0 Å². The van der Waals surface area contributed by atoms with Crippen LogP contribution in [0.5, 0.6) is 0 Å². The van der Waals surface area contributed by atoms with Gasteiger partial charge < -0.3 is 10.1 Å². The molecule has 0 aliphatic heterocycles. The number of esters is 1. The van der Waals surface area contributed by atoms with Gasteiger partial charge in [-0.3, -0.25) is 0 Å². The highest BCUT2D eigenvalue weighted by Gasteiger charge is 1.98. The molecule has 1 N–H and O–H groups in total. The molecule has 0 spiro atoms. The summed E-state index contributed by atoms with van der Waals surface area (Å²) in [6.07, 6.45) is 20.4. The molecule has 0 amide bonds. The molecule has 0 radical (unpaired) electrons. The highest BCUT2D eigenvalue weighted by atomic mass is 16.5. The summed E-state index contributed by atoms with van der Waals surface area (Å²) in [5, 5.41) is 3.47. The second kappa shape index (κ2) is 18.7. The molecular formula is C28H45NO2. The van der Waals surface area contributed by atoms with Crippen molar-refractivity contribution in [2.24, 2.45) is 0 Å². The molecule has 3 heteroatoms. The molecule has 1 aromatic rings. The zero-order chi connectivity index (χ0) is 22.6. The zero-order valence-corrected chi connectivity index (χ0v) is 20.1. The van der Waals surface area contributed by atoms with Crippen molar-refractivity contribution < 1.29 is 9.53 Å². The Balaban J connectivity index is 2.00. The molecule has 0 saturated carbocycles. The van der Waals surface area contributed by atoms with E-state index in [4.69, 9.17) is 4.74 Å². The number of allylic oxidation sites excluding steroid dienone is 1. The van der Waals surface area contributed by atoms with E-state index < -0.39 is 0 Å². The van der Waals surface area contributed by atoms with Crippen LogP contribution >= 0.6 is 0 Å². The monoisotopic (exact) mass is 427 g/mol. The van der Waals surface area contributed by atoms with Crippen molar-refractivity contribution in [2.45, 2.75) is 97.3 Å². The minimum Gasteiger partial charge on any atom is -0.463 e. The summed E-state index contributed by atoms with van der Waals surface area (Å²) in [5.74, 6) is -0.301. The van der Waals surface area contributed by atoms with Crippen LogP contribution in [0.15, 0.2) is 42.5 Å². The van der Waals surface area contributed by atoms with Crippen LogP contribution in [-0.4, -0.2) is 19.1 Å². The first-order chi connectivity index (χ1) is 15.2. The molecule has 1 rings (SSSR count). The highest BCUT2D eigenvalue weighted by molar-refractivity contribution is 5.87. The normalized spacial score (nSPS) is 11.0. The summed E-state index contributed by atoms with van der Waals surface area (Å²) in [6, 6.07) is 8.12. The minimum atomic E-state index is -0.301. The number of carbonyl (C=O) groups excluding carboxylic acids is 1. The van der Waals surface area contributed by atoms with Crippen LogP contribution in [0, 0.1) is 0 Å². The third kappa shape index (κ3) is 15.4. The molecule has 1 aromatic carbocycles. The lowest BCUT2D eigenvalue weighted by Gasteiger charge is -2.08. The van der Waals surface area contributed by atoms with Crippen LogP contribution in [-0.2, 0) is 9.53 Å². The Labute approximate surface area is 191 Å². The maximum absolute atomic E-state index is 11.3. The van der Waals surface area contributed by atoms with Crippen molar-refractivity contribution in [1.29, 1.82) is 0 Å². The highest BCUT2D eigenvalue weighted by Crippen LogP contribution is 2.17. The van der Waals surface area contributed by atoms with E-state index in [2.05, 4.69) is 31.0 Å². The van der Waals surface area contributed by atoms with Crippen molar-refractivity contribution in [2.75, 3.05) is 18.5 Å². The molecule has 0 saturated heterocycles. The molecule has 0 aromatic heterocycles. The molecular weight excluding hydrogens is 382 g/mol. The van der Waals surface area contributed by atoms with Gasteiger partial charge in [0.2, 0.25) is 0 Å². The Morgan fingerprint density at radius 1 is 0.871 bits per heavy atom. The van der Waals surface area contributed by atoms with E-state index in [0.29, 0.717) is 6.61 Å². The average Bonchev–Trinajstić information content (AvgIpc) is 2.77. The number of nitrogens with one attached hydrogen (secondary N) is 1. The third-order valence-electron chi connectivity index (χ3n) is 5.53. The number of unbranched alkanes of at least 4 members (excludes halogenated alkanes) is 9. The quantitative estimate of drug-likeness (QED) is 0.104. The topological polar surface area (TPSA) is 38.3 Å². The van der Waals surface area contributed by atoms with Gasteiger partial charge in [-0.15, -0.1) is 0 Å². The Hall–Kier alpha value is -2.03. The fraction of sp³-hybridized carbons (Fsp3) is 0.607. The van der Waals surface area contributed by atoms with Gasteiger partial charge in [-0.2, -0.15) is 0 Å². The van der Waals surface area contributed by atoms with E-state index in [1.807, 2.05) is 12.1 Å². The van der Waals surface area contributed by atoms with Crippen LogP contribution in [0.2, 0.25) is 0 Å². The molecule has 0 aliphatic carbocycles. The average molecular weight is 428 g/mol. The molecule has 31 heavy (non-hydrogen) atoms. The summed E-state index contributed by atoms with van der Waals surface area (Å²) in [5.41, 5.74) is 3.55. The van der Waals surface area contributed by atoms with E-state index >= 15 is 0 Å². The number of ether oxygens (including phenoxy) is 1. The van der Waals surface area contributed by atoms with Crippen LogP contribution in [0.1, 0.15) is 103 Å². The number of anilines is 1. The lowest BCUT2D eigenvalue weighted by molar-refractivity contribution is -0.137. The Kier molecular flexibility index (Phi) is 16.3. The number of hydrogen-bond donors (Lipinski definition) is 1. The van der Waals surface area contributed by atoms with E-state index in [9.17, 15) is 4.79 Å². The van der Waals surface area contributed by atoms with Crippen molar-refractivity contribution in [3.8, 4) is 0 Å². The molecule has 174 valence electrons. The van der Waals surface area contributed by atoms with Crippen molar-refractivity contribution >= 4 is 17.7 Å². The number of hydrogen-bond acceptors (Lipinski definition) is 3. The third-order valence-corrected chi connectivity index (χ3v) is 5.53. The van der Waals surface area contributed by atoms with E-state index in [1.165, 1.54) is 95.1 Å². The molecule has 3 nitrogen and oxygen atoms in total. The first kappa shape index (κ1) is 27.0. The second-order valence-electron chi connectivity index (χ2n) is 8.42. The van der Waals surface area contributed by atoms with Crippen molar-refractivity contribution in [1.82, 2.24) is 0 Å². The number of benzene rings is 1. The molecule has 0 unspecified atom stereocenters. The van der Waals surface area contributed by atoms with E-state index in [0.717, 1.165) is 17.8 Å². The van der Waals surface area contributed by atoms with Gasteiger partial charge >= 0.3 is 5.97 Å². The SMILES string of the molecule is C=C(CCCCCCCCCC)CCCCCNc1ccc(C=CC(=O)OCC)cc1. The van der Waals surface area contributed by atoms with E-state index in [-0.39, 0.29) is 5.97 Å². The first-order valence-electron chi connectivity index (χ1n) is 12.5. The summed E-state index contributed by atoms with van der Waals surface area (Å²) in [6.45, 7) is 9.74. The van der Waals surface area contributed by atoms with Gasteiger partial charge in [0.05, 0.1) is 6.61 Å². The van der Waals surface area contributed by atoms with Crippen molar-refractivity contribution in [3.63, 3.8) is 0 Å². The van der Waals surface area contributed by atoms with Gasteiger partial charge in [-0.25, -0.2) is 4.79 Å². The standard InChI is InChI=1S/C28H45NO2/c1-4-6-7-8-9-10-11-13-16-25(3)17-14-12-15-24-29-27-21-18-26(19-22-27)20-23-28(30)31-5-2/h18-23,29H,3-17,24H2,1-2H3. The summed E-state index contributed by atoms with van der Waals surface area (Å²) in [7, 11) is 0. The maximum Gasteiger partial charge on any atom is 0.330 e. The zero-order valence-electron chi connectivity index (χ0n) is 20.1. The second-order valence-corrected chi connectivity index (χ2v) is 8.42. The smallest absolute Gasteiger partial charge is 0.330 e. The lowest BCUT2D eigenvalue weighted by atomic mass is 10.0. The minimum absolute atomic E-state index is 0.301. The fourth-order valence-corrected chi connectivity index (χ4v) is 3.61. The van der Waals surface area contributed by atoms with Crippen LogP contribution in [0.4, 0.5) is 5.69 Å². The predicted molar refractivity (Wildman–Crippen MR) is 135 cm³/mol. The number of carbonyl (C=O) groups is 1.